The van der Waals surface area contributed by atoms with Gasteiger partial charge in [0.2, 0.25) is 10.0 Å². The Bertz CT molecular complexity index is 914. The Morgan fingerprint density at radius 2 is 1.81 bits per heavy atom. The average Bonchev–Trinajstić information content (AvgIpc) is 2.59. The van der Waals surface area contributed by atoms with Crippen LogP contribution in [0.15, 0.2) is 52.5 Å². The number of nitrogens with one attached hydrogen (secondary N) is 1. The van der Waals surface area contributed by atoms with Gasteiger partial charge in [-0.2, -0.15) is 13.2 Å². The fourth-order valence-electron chi connectivity index (χ4n) is 2.02. The topological polar surface area (TPSA) is 79.4 Å². The van der Waals surface area contributed by atoms with Gasteiger partial charge in [-0.25, -0.2) is 17.7 Å². The van der Waals surface area contributed by atoms with Crippen LogP contribution in [0.4, 0.5) is 13.2 Å². The molecule has 0 aliphatic carbocycles. The number of thioether (sulfide) groups is 1. The Balaban J connectivity index is 2.09. The average molecular weight is 419 g/mol. The lowest BCUT2D eigenvalue weighted by Crippen LogP contribution is -2.24. The number of halogens is 3. The van der Waals surface area contributed by atoms with Crippen molar-refractivity contribution in [3.05, 3.63) is 53.7 Å². The summed E-state index contributed by atoms with van der Waals surface area (Å²) in [6.45, 7) is 0.0200. The summed E-state index contributed by atoms with van der Waals surface area (Å²) in [5.74, 6) is -0.708. The molecule has 0 spiro atoms. The smallest absolute Gasteiger partial charge is 0.348 e. The number of carbonyl (C=O) groups excluding carboxylic acids is 1. The van der Waals surface area contributed by atoms with E-state index in [1.165, 1.54) is 56.7 Å². The zero-order chi connectivity index (χ0) is 20.2. The van der Waals surface area contributed by atoms with Crippen molar-refractivity contribution in [1.29, 1.82) is 0 Å². The molecule has 0 aliphatic rings. The number of rotatable bonds is 6. The molecule has 0 unspecified atom stereocenters. The Hall–Kier alpha value is -2.11. The number of nitrogens with zero attached hydrogens (tertiary/aromatic N) is 2. The fourth-order valence-corrected chi connectivity index (χ4v) is 3.53. The van der Waals surface area contributed by atoms with Gasteiger partial charge in [0.05, 0.1) is 10.5 Å². The molecule has 0 fully saturated rings. The van der Waals surface area contributed by atoms with Crippen molar-refractivity contribution < 1.29 is 26.4 Å². The van der Waals surface area contributed by atoms with Crippen LogP contribution in [-0.2, 0) is 16.6 Å². The van der Waals surface area contributed by atoms with Crippen molar-refractivity contribution in [3.63, 3.8) is 0 Å². The highest BCUT2D eigenvalue weighted by atomic mass is 32.2. The third kappa shape index (κ3) is 5.68. The first-order valence-electron chi connectivity index (χ1n) is 7.51. The van der Waals surface area contributed by atoms with E-state index in [0.717, 1.165) is 4.31 Å². The normalized spacial score (nSPS) is 12.2. The summed E-state index contributed by atoms with van der Waals surface area (Å²) in [5, 5.41) is 2.07. The molecule has 0 saturated heterocycles. The van der Waals surface area contributed by atoms with E-state index in [4.69, 9.17) is 0 Å². The molecule has 6 nitrogen and oxygen atoms in total. The summed E-state index contributed by atoms with van der Waals surface area (Å²) in [4.78, 5) is 15.9. The number of hydrogen-bond acceptors (Lipinski definition) is 5. The largest absolute Gasteiger partial charge is 0.447 e. The first-order chi connectivity index (χ1) is 12.5. The zero-order valence-corrected chi connectivity index (χ0v) is 16.0. The molecular formula is C16H16F3N3O3S2. The highest BCUT2D eigenvalue weighted by Gasteiger charge is 2.32. The second-order valence-corrected chi connectivity index (χ2v) is 8.72. The first-order valence-corrected chi connectivity index (χ1v) is 9.77. The van der Waals surface area contributed by atoms with E-state index < -0.39 is 38.2 Å². The number of sulfonamides is 1. The molecule has 1 aromatic carbocycles. The molecule has 1 aromatic heterocycles. The van der Waals surface area contributed by atoms with Crippen LogP contribution < -0.4 is 5.32 Å². The van der Waals surface area contributed by atoms with Crippen molar-refractivity contribution >= 4 is 27.7 Å². The van der Waals surface area contributed by atoms with E-state index in [1.54, 1.807) is 0 Å². The molecule has 1 amide bonds. The fraction of sp³-hybridized carbons (Fsp3) is 0.250. The number of pyridine rings is 1. The van der Waals surface area contributed by atoms with Crippen LogP contribution >= 0.6 is 11.8 Å². The number of benzene rings is 1. The SMILES string of the molecule is CN(C)S(=O)(=O)c1ccc(CNC(=O)c2cccnc2SC(F)(F)F)cc1. The minimum absolute atomic E-state index is 0.0200. The molecule has 2 aromatic rings. The van der Waals surface area contributed by atoms with E-state index in [9.17, 15) is 26.4 Å². The van der Waals surface area contributed by atoms with Crippen LogP contribution in [0.3, 0.4) is 0 Å². The lowest BCUT2D eigenvalue weighted by molar-refractivity contribution is -0.0329. The summed E-state index contributed by atoms with van der Waals surface area (Å²) in [6.07, 6.45) is 1.18. The van der Waals surface area contributed by atoms with Gasteiger partial charge in [-0.1, -0.05) is 12.1 Å². The second kappa shape index (κ2) is 8.28. The molecule has 0 bridgehead atoms. The van der Waals surface area contributed by atoms with Gasteiger partial charge in [0.15, 0.2) is 0 Å². The van der Waals surface area contributed by atoms with E-state index in [2.05, 4.69) is 10.3 Å². The van der Waals surface area contributed by atoms with Gasteiger partial charge < -0.3 is 5.32 Å². The van der Waals surface area contributed by atoms with Gasteiger partial charge in [-0.3, -0.25) is 4.79 Å². The monoisotopic (exact) mass is 419 g/mol. The van der Waals surface area contributed by atoms with Gasteiger partial charge in [-0.15, -0.1) is 0 Å². The Labute approximate surface area is 158 Å². The number of aromatic nitrogens is 1. The molecular weight excluding hydrogens is 403 g/mol. The lowest BCUT2D eigenvalue weighted by Gasteiger charge is -2.12. The number of alkyl halides is 3. The maximum atomic E-state index is 12.6. The van der Waals surface area contributed by atoms with Gasteiger partial charge >= 0.3 is 5.51 Å². The molecule has 27 heavy (non-hydrogen) atoms. The molecule has 0 radical (unpaired) electrons. The summed E-state index contributed by atoms with van der Waals surface area (Å²) in [5.41, 5.74) is -4.15. The summed E-state index contributed by atoms with van der Waals surface area (Å²) >= 11 is -0.459. The van der Waals surface area contributed by atoms with Gasteiger partial charge in [0.25, 0.3) is 5.91 Å². The van der Waals surface area contributed by atoms with Gasteiger partial charge in [0, 0.05) is 38.6 Å². The second-order valence-electron chi connectivity index (χ2n) is 5.52. The standard InChI is InChI=1S/C16H16F3N3O3S2/c1-22(2)27(24,25)12-7-5-11(6-8-12)10-21-14(23)13-4-3-9-20-15(13)26-16(17,18)19/h3-9H,10H2,1-2H3,(H,21,23). The molecule has 1 heterocycles. The Kier molecular flexibility index (Phi) is 6.50. The highest BCUT2D eigenvalue weighted by Crippen LogP contribution is 2.37. The van der Waals surface area contributed by atoms with Crippen LogP contribution in [0.5, 0.6) is 0 Å². The van der Waals surface area contributed by atoms with Crippen LogP contribution in [0, 0.1) is 0 Å². The van der Waals surface area contributed by atoms with E-state index >= 15 is 0 Å². The first kappa shape index (κ1) is 21.2. The Morgan fingerprint density at radius 3 is 2.37 bits per heavy atom. The van der Waals surface area contributed by atoms with E-state index in [1.807, 2.05) is 0 Å². The van der Waals surface area contributed by atoms with Gasteiger partial charge in [-0.05, 0) is 29.8 Å². The molecule has 1 N–H and O–H groups in total. The minimum Gasteiger partial charge on any atom is -0.348 e. The quantitative estimate of drug-likeness (QED) is 0.729. The lowest BCUT2D eigenvalue weighted by atomic mass is 10.2. The maximum Gasteiger partial charge on any atom is 0.447 e. The molecule has 11 heteroatoms. The van der Waals surface area contributed by atoms with E-state index in [-0.39, 0.29) is 17.0 Å². The van der Waals surface area contributed by atoms with Crippen LogP contribution in [0.2, 0.25) is 0 Å². The molecule has 2 rings (SSSR count). The molecule has 146 valence electrons. The third-order valence-corrected chi connectivity index (χ3v) is 5.96. The number of carbonyl (C=O) groups is 1. The van der Waals surface area contributed by atoms with E-state index in [0.29, 0.717) is 5.56 Å². The zero-order valence-electron chi connectivity index (χ0n) is 14.3. The molecule has 0 atom stereocenters. The van der Waals surface area contributed by atoms with Crippen LogP contribution in [0.1, 0.15) is 15.9 Å². The van der Waals surface area contributed by atoms with Crippen molar-refractivity contribution in [2.45, 2.75) is 22.0 Å². The predicted octanol–water partition coefficient (Wildman–Crippen LogP) is 2.87. The summed E-state index contributed by atoms with van der Waals surface area (Å²) < 4.78 is 62.8. The van der Waals surface area contributed by atoms with Crippen molar-refractivity contribution in [2.75, 3.05) is 14.1 Å². The maximum absolute atomic E-state index is 12.6. The highest BCUT2D eigenvalue weighted by molar-refractivity contribution is 8.00. The third-order valence-electron chi connectivity index (χ3n) is 3.38. The van der Waals surface area contributed by atoms with Crippen LogP contribution in [0.25, 0.3) is 0 Å². The summed E-state index contributed by atoms with van der Waals surface area (Å²) in [7, 11) is -0.741. The molecule has 0 saturated carbocycles. The van der Waals surface area contributed by atoms with Crippen molar-refractivity contribution in [1.82, 2.24) is 14.6 Å². The van der Waals surface area contributed by atoms with Crippen molar-refractivity contribution in [3.8, 4) is 0 Å². The minimum atomic E-state index is -4.56. The number of amides is 1. The number of hydrogen-bond donors (Lipinski definition) is 1. The van der Waals surface area contributed by atoms with Crippen LogP contribution in [-0.4, -0.2) is 43.2 Å². The summed E-state index contributed by atoms with van der Waals surface area (Å²) in [6, 6.07) is 8.45. The van der Waals surface area contributed by atoms with Gasteiger partial charge in [0.1, 0.15) is 5.03 Å². The molecule has 0 aliphatic heterocycles. The predicted molar refractivity (Wildman–Crippen MR) is 94.6 cm³/mol. The Morgan fingerprint density at radius 1 is 1.19 bits per heavy atom. The van der Waals surface area contributed by atoms with Crippen molar-refractivity contribution in [2.24, 2.45) is 0 Å².